The van der Waals surface area contributed by atoms with Crippen LogP contribution in [0.2, 0.25) is 0 Å². The van der Waals surface area contributed by atoms with Gasteiger partial charge in [-0.1, -0.05) is 42.5 Å². The molecule has 0 spiro atoms. The molecule has 0 unspecified atom stereocenters. The molecule has 0 aliphatic heterocycles. The smallest absolute Gasteiger partial charge is 0.298 e. The van der Waals surface area contributed by atoms with Crippen molar-refractivity contribution in [3.05, 3.63) is 65.7 Å². The summed E-state index contributed by atoms with van der Waals surface area (Å²) in [5, 5.41) is 0. The fourth-order valence-corrected chi connectivity index (χ4v) is 3.10. The number of carbonyl (C=O) groups is 1. The Bertz CT molecular complexity index is 823. The molecule has 3 rings (SSSR count). The van der Waals surface area contributed by atoms with E-state index in [-0.39, 0.29) is 0 Å². The molecule has 1 aromatic heterocycles. The first-order chi connectivity index (χ1) is 11.0. The van der Waals surface area contributed by atoms with Gasteiger partial charge in [-0.25, -0.2) is 0 Å². The van der Waals surface area contributed by atoms with Crippen LogP contribution in [0, 0.1) is 0 Å². The zero-order chi connectivity index (χ0) is 16.4. The first-order valence-electron chi connectivity index (χ1n) is 6.68. The van der Waals surface area contributed by atoms with E-state index in [4.69, 9.17) is 0 Å². The topological polar surface area (TPSA) is 30.0 Å². The second kappa shape index (κ2) is 5.96. The molecule has 23 heavy (non-hydrogen) atoms. The summed E-state index contributed by atoms with van der Waals surface area (Å²) in [6.07, 6.45) is -3.69. The molecule has 0 radical (unpaired) electrons. The van der Waals surface area contributed by atoms with Crippen LogP contribution >= 0.6 is 11.5 Å². The monoisotopic (exact) mass is 333 g/mol. The fourth-order valence-electron chi connectivity index (χ4n) is 2.23. The Morgan fingerprint density at radius 1 is 0.913 bits per heavy atom. The fraction of sp³-hybridized carbons (Fsp3) is 0.0588. The van der Waals surface area contributed by atoms with Gasteiger partial charge in [-0.2, -0.15) is 17.5 Å². The van der Waals surface area contributed by atoms with Gasteiger partial charge in [0.25, 0.3) is 0 Å². The van der Waals surface area contributed by atoms with Crippen molar-refractivity contribution < 1.29 is 18.0 Å². The molecule has 0 atom stereocenters. The van der Waals surface area contributed by atoms with Crippen LogP contribution in [-0.2, 0) is 6.18 Å². The van der Waals surface area contributed by atoms with Gasteiger partial charge in [-0.15, -0.1) is 0 Å². The number of rotatable bonds is 3. The minimum Gasteiger partial charge on any atom is -0.298 e. The highest BCUT2D eigenvalue weighted by molar-refractivity contribution is 7.10. The van der Waals surface area contributed by atoms with Gasteiger partial charge in [0.1, 0.15) is 0 Å². The lowest BCUT2D eigenvalue weighted by Gasteiger charge is -2.07. The predicted molar refractivity (Wildman–Crippen MR) is 83.4 cm³/mol. The Labute approximate surface area is 134 Å². The summed E-state index contributed by atoms with van der Waals surface area (Å²) in [7, 11) is 0. The maximum atomic E-state index is 12.6. The van der Waals surface area contributed by atoms with Crippen molar-refractivity contribution in [3.63, 3.8) is 0 Å². The van der Waals surface area contributed by atoms with Crippen molar-refractivity contribution in [3.8, 4) is 21.7 Å². The zero-order valence-electron chi connectivity index (χ0n) is 11.7. The van der Waals surface area contributed by atoms with Gasteiger partial charge < -0.3 is 0 Å². The molecular weight excluding hydrogens is 323 g/mol. The van der Waals surface area contributed by atoms with Crippen LogP contribution in [0.3, 0.4) is 0 Å². The van der Waals surface area contributed by atoms with E-state index in [1.165, 1.54) is 12.1 Å². The molecule has 0 aliphatic carbocycles. The molecule has 0 bridgehead atoms. The van der Waals surface area contributed by atoms with Gasteiger partial charge >= 0.3 is 6.18 Å². The van der Waals surface area contributed by atoms with Crippen LogP contribution in [0.25, 0.3) is 21.7 Å². The Hall–Kier alpha value is -2.47. The van der Waals surface area contributed by atoms with Crippen LogP contribution in [-0.4, -0.2) is 10.7 Å². The number of benzene rings is 2. The molecule has 0 amide bonds. The van der Waals surface area contributed by atoms with Crippen molar-refractivity contribution >= 4 is 17.8 Å². The lowest BCUT2D eigenvalue weighted by molar-refractivity contribution is -0.137. The minimum absolute atomic E-state index is 0.390. The molecule has 0 N–H and O–H groups in total. The second-order valence-corrected chi connectivity index (χ2v) is 5.61. The highest BCUT2D eigenvalue weighted by atomic mass is 32.1. The lowest BCUT2D eigenvalue weighted by Crippen LogP contribution is -2.03. The average Bonchev–Trinajstić information content (AvgIpc) is 2.99. The van der Waals surface area contributed by atoms with Crippen LogP contribution in [0.15, 0.2) is 54.6 Å². The quantitative estimate of drug-likeness (QED) is 0.608. The number of carbonyl (C=O) groups excluding carboxylic acids is 1. The molecule has 1 heterocycles. The predicted octanol–water partition coefficient (Wildman–Crippen LogP) is 5.31. The van der Waals surface area contributed by atoms with Gasteiger partial charge in [-0.05, 0) is 29.2 Å². The minimum atomic E-state index is -4.38. The molecule has 3 aromatic rings. The highest BCUT2D eigenvalue weighted by Gasteiger charge is 2.30. The van der Waals surface area contributed by atoms with E-state index in [1.807, 2.05) is 30.3 Å². The van der Waals surface area contributed by atoms with Crippen molar-refractivity contribution in [1.82, 2.24) is 4.37 Å². The van der Waals surface area contributed by atoms with Gasteiger partial charge in [0.2, 0.25) is 0 Å². The van der Waals surface area contributed by atoms with E-state index in [0.717, 1.165) is 29.2 Å². The van der Waals surface area contributed by atoms with Gasteiger partial charge in [-0.3, -0.25) is 4.79 Å². The third kappa shape index (κ3) is 3.03. The Morgan fingerprint density at radius 3 is 2.13 bits per heavy atom. The van der Waals surface area contributed by atoms with Crippen LogP contribution in [0.1, 0.15) is 15.9 Å². The van der Waals surface area contributed by atoms with E-state index in [0.29, 0.717) is 28.0 Å². The van der Waals surface area contributed by atoms with Gasteiger partial charge in [0.15, 0.2) is 6.29 Å². The molecule has 6 heteroatoms. The van der Waals surface area contributed by atoms with E-state index < -0.39 is 11.7 Å². The molecule has 2 aromatic carbocycles. The van der Waals surface area contributed by atoms with Crippen molar-refractivity contribution in [2.24, 2.45) is 0 Å². The molecule has 2 nitrogen and oxygen atoms in total. The normalized spacial score (nSPS) is 11.4. The number of nitrogens with zero attached hydrogens (tertiary/aromatic N) is 1. The Balaban J connectivity index is 2.04. The van der Waals surface area contributed by atoms with Crippen LogP contribution in [0.4, 0.5) is 13.2 Å². The number of hydrogen-bond acceptors (Lipinski definition) is 3. The maximum Gasteiger partial charge on any atom is 0.416 e. The van der Waals surface area contributed by atoms with Crippen molar-refractivity contribution in [2.75, 3.05) is 0 Å². The number of aldehydes is 1. The summed E-state index contributed by atoms with van der Waals surface area (Å²) in [6.45, 7) is 0. The highest BCUT2D eigenvalue weighted by Crippen LogP contribution is 2.36. The SMILES string of the molecule is O=Cc1c(-c2ccccc2)nsc1-c1ccc(C(F)(F)F)cc1. The van der Waals surface area contributed by atoms with Gasteiger partial charge in [0.05, 0.1) is 21.7 Å². The van der Waals surface area contributed by atoms with E-state index in [9.17, 15) is 18.0 Å². The summed E-state index contributed by atoms with van der Waals surface area (Å²) in [6, 6.07) is 13.9. The number of hydrogen-bond donors (Lipinski definition) is 0. The van der Waals surface area contributed by atoms with E-state index in [2.05, 4.69) is 4.37 Å². The molecule has 0 saturated heterocycles. The summed E-state index contributed by atoms with van der Waals surface area (Å²) < 4.78 is 42.2. The van der Waals surface area contributed by atoms with Crippen LogP contribution < -0.4 is 0 Å². The van der Waals surface area contributed by atoms with Crippen LogP contribution in [0.5, 0.6) is 0 Å². The molecule has 0 fully saturated rings. The Morgan fingerprint density at radius 2 is 1.57 bits per heavy atom. The maximum absolute atomic E-state index is 12.6. The van der Waals surface area contributed by atoms with Gasteiger partial charge in [0, 0.05) is 5.56 Å². The number of halogens is 3. The summed E-state index contributed by atoms with van der Waals surface area (Å²) in [4.78, 5) is 12.0. The first-order valence-corrected chi connectivity index (χ1v) is 7.46. The summed E-state index contributed by atoms with van der Waals surface area (Å²) in [5.41, 5.74) is 1.55. The molecule has 116 valence electrons. The largest absolute Gasteiger partial charge is 0.416 e. The third-order valence-corrected chi connectivity index (χ3v) is 4.28. The van der Waals surface area contributed by atoms with Crippen molar-refractivity contribution in [2.45, 2.75) is 6.18 Å². The standard InChI is InChI=1S/C17H10F3NOS/c18-17(19,20)13-8-6-12(7-9-13)16-14(10-22)15(21-23-16)11-4-2-1-3-5-11/h1-10H. The van der Waals surface area contributed by atoms with E-state index >= 15 is 0 Å². The average molecular weight is 333 g/mol. The molecular formula is C17H10F3NOS. The van der Waals surface area contributed by atoms with E-state index in [1.54, 1.807) is 0 Å². The molecule has 0 aliphatic rings. The molecule has 0 saturated carbocycles. The zero-order valence-corrected chi connectivity index (χ0v) is 12.5. The second-order valence-electron chi connectivity index (χ2n) is 4.83. The third-order valence-electron chi connectivity index (χ3n) is 3.37. The Kier molecular flexibility index (Phi) is 4.00. The first kappa shape index (κ1) is 15.4. The summed E-state index contributed by atoms with van der Waals surface area (Å²) >= 11 is 1.10. The number of alkyl halides is 3. The lowest BCUT2D eigenvalue weighted by atomic mass is 10.0. The summed E-state index contributed by atoms with van der Waals surface area (Å²) in [5.74, 6) is 0. The van der Waals surface area contributed by atoms with Crippen molar-refractivity contribution in [1.29, 1.82) is 0 Å². The number of aromatic nitrogens is 1.